The first-order valence-corrected chi connectivity index (χ1v) is 6.71. The lowest BCUT2D eigenvalue weighted by Gasteiger charge is -2.06. The predicted molar refractivity (Wildman–Crippen MR) is 85.0 cm³/mol. The van der Waals surface area contributed by atoms with Crippen molar-refractivity contribution < 1.29 is 9.47 Å². The van der Waals surface area contributed by atoms with Crippen LogP contribution in [0.1, 0.15) is 5.56 Å². The first kappa shape index (κ1) is 15.4. The minimum Gasteiger partial charge on any atom is -0.497 e. The lowest BCUT2D eigenvalue weighted by Crippen LogP contribution is -1.95. The summed E-state index contributed by atoms with van der Waals surface area (Å²) in [7, 11) is 3.18. The average molecular weight is 326 g/mol. The molecule has 0 aliphatic carbocycles. The summed E-state index contributed by atoms with van der Waals surface area (Å²) in [6.45, 7) is 0. The van der Waals surface area contributed by atoms with Crippen molar-refractivity contribution >= 4 is 35.2 Å². The summed E-state index contributed by atoms with van der Waals surface area (Å²) in [4.78, 5) is 4.04. The zero-order valence-corrected chi connectivity index (χ0v) is 12.9. The Morgan fingerprint density at radius 3 is 2.33 bits per heavy atom. The third-order valence-corrected chi connectivity index (χ3v) is 3.06. The molecule has 5 nitrogen and oxygen atoms in total. The van der Waals surface area contributed by atoms with Gasteiger partial charge in [-0.1, -0.05) is 23.2 Å². The summed E-state index contributed by atoms with van der Waals surface area (Å²) in [5.74, 6) is 1.78. The summed E-state index contributed by atoms with van der Waals surface area (Å²) in [5.41, 5.74) is 3.56. The second-order valence-corrected chi connectivity index (χ2v) is 4.84. The topological polar surface area (TPSA) is 55.7 Å². The molecule has 0 saturated heterocycles. The summed E-state index contributed by atoms with van der Waals surface area (Å²) in [6, 6.07) is 7.01. The van der Waals surface area contributed by atoms with Gasteiger partial charge < -0.3 is 9.47 Å². The van der Waals surface area contributed by atoms with E-state index in [1.165, 1.54) is 6.20 Å². The first-order valence-electron chi connectivity index (χ1n) is 5.95. The van der Waals surface area contributed by atoms with Gasteiger partial charge in [-0.3, -0.25) is 5.43 Å². The molecule has 2 rings (SSSR count). The van der Waals surface area contributed by atoms with E-state index in [9.17, 15) is 0 Å². The number of rotatable bonds is 5. The van der Waals surface area contributed by atoms with E-state index < -0.39 is 0 Å². The molecule has 0 atom stereocenters. The highest BCUT2D eigenvalue weighted by Crippen LogP contribution is 2.23. The van der Waals surface area contributed by atoms with E-state index in [0.717, 1.165) is 5.56 Å². The van der Waals surface area contributed by atoms with Gasteiger partial charge in [-0.25, -0.2) is 4.98 Å². The van der Waals surface area contributed by atoms with Gasteiger partial charge in [0, 0.05) is 17.8 Å². The van der Waals surface area contributed by atoms with Crippen molar-refractivity contribution in [1.29, 1.82) is 0 Å². The van der Waals surface area contributed by atoms with Crippen molar-refractivity contribution in [2.24, 2.45) is 5.10 Å². The van der Waals surface area contributed by atoms with Gasteiger partial charge in [0.15, 0.2) is 5.82 Å². The summed E-state index contributed by atoms with van der Waals surface area (Å²) in [6.07, 6.45) is 3.09. The molecule has 0 fully saturated rings. The molecule has 0 bridgehead atoms. The van der Waals surface area contributed by atoms with E-state index in [2.05, 4.69) is 15.5 Å². The molecule has 0 spiro atoms. The van der Waals surface area contributed by atoms with Crippen LogP contribution in [0.4, 0.5) is 5.82 Å². The van der Waals surface area contributed by atoms with Gasteiger partial charge in [0.25, 0.3) is 0 Å². The van der Waals surface area contributed by atoms with Crippen LogP contribution in [-0.4, -0.2) is 25.4 Å². The largest absolute Gasteiger partial charge is 0.497 e. The van der Waals surface area contributed by atoms with Gasteiger partial charge in [-0.2, -0.15) is 5.10 Å². The minimum absolute atomic E-state index is 0.392. The van der Waals surface area contributed by atoms with E-state index in [4.69, 9.17) is 32.7 Å². The Morgan fingerprint density at radius 1 is 1.10 bits per heavy atom. The molecular weight excluding hydrogens is 313 g/mol. The number of aromatic nitrogens is 1. The highest BCUT2D eigenvalue weighted by molar-refractivity contribution is 6.35. The lowest BCUT2D eigenvalue weighted by molar-refractivity contribution is 0.394. The van der Waals surface area contributed by atoms with E-state index in [1.54, 1.807) is 32.6 Å². The average Bonchev–Trinajstić information content (AvgIpc) is 2.49. The number of halogens is 2. The number of methoxy groups -OCH3 is 2. The quantitative estimate of drug-likeness (QED) is 0.670. The molecule has 1 heterocycles. The second kappa shape index (κ2) is 7.15. The van der Waals surface area contributed by atoms with Crippen LogP contribution in [-0.2, 0) is 0 Å². The van der Waals surface area contributed by atoms with E-state index >= 15 is 0 Å². The fourth-order valence-electron chi connectivity index (χ4n) is 1.57. The molecule has 1 aromatic heterocycles. The number of hydrogen-bond donors (Lipinski definition) is 1. The molecule has 110 valence electrons. The Hall–Kier alpha value is -1.98. The molecule has 0 radical (unpaired) electrons. The third kappa shape index (κ3) is 4.24. The monoisotopic (exact) mass is 325 g/mol. The van der Waals surface area contributed by atoms with Crippen molar-refractivity contribution in [3.8, 4) is 11.5 Å². The van der Waals surface area contributed by atoms with Crippen molar-refractivity contribution in [1.82, 2.24) is 4.98 Å². The van der Waals surface area contributed by atoms with Gasteiger partial charge in [0.2, 0.25) is 0 Å². The molecule has 0 saturated carbocycles. The highest BCUT2D eigenvalue weighted by Gasteiger charge is 2.02. The number of pyridine rings is 1. The van der Waals surface area contributed by atoms with Gasteiger partial charge >= 0.3 is 0 Å². The molecule has 7 heteroatoms. The van der Waals surface area contributed by atoms with Crippen LogP contribution in [0.3, 0.4) is 0 Å². The number of anilines is 1. The molecule has 21 heavy (non-hydrogen) atoms. The number of hydrazone groups is 1. The fourth-order valence-corrected chi connectivity index (χ4v) is 1.99. The number of nitrogens with one attached hydrogen (secondary N) is 1. The van der Waals surface area contributed by atoms with Crippen LogP contribution in [0.25, 0.3) is 0 Å². The Labute approximate surface area is 132 Å². The van der Waals surface area contributed by atoms with Gasteiger partial charge in [0.1, 0.15) is 11.5 Å². The van der Waals surface area contributed by atoms with E-state index in [0.29, 0.717) is 27.4 Å². The third-order valence-electron chi connectivity index (χ3n) is 2.57. The Kier molecular flexibility index (Phi) is 5.25. The smallest absolute Gasteiger partial charge is 0.165 e. The second-order valence-electron chi connectivity index (χ2n) is 4.00. The van der Waals surface area contributed by atoms with Crippen LogP contribution < -0.4 is 14.9 Å². The van der Waals surface area contributed by atoms with Crippen LogP contribution in [0.2, 0.25) is 10.0 Å². The maximum atomic E-state index is 5.98. The Bertz CT molecular complexity index is 640. The molecule has 1 N–H and O–H groups in total. The zero-order valence-electron chi connectivity index (χ0n) is 11.4. The molecule has 2 aromatic rings. The lowest BCUT2D eigenvalue weighted by atomic mass is 10.2. The van der Waals surface area contributed by atoms with Crippen LogP contribution in [0.5, 0.6) is 11.5 Å². The van der Waals surface area contributed by atoms with Crippen LogP contribution >= 0.6 is 23.2 Å². The van der Waals surface area contributed by atoms with E-state index in [-0.39, 0.29) is 0 Å². The molecule has 0 aliphatic heterocycles. The number of ether oxygens (including phenoxy) is 2. The van der Waals surface area contributed by atoms with Gasteiger partial charge in [-0.05, 0) is 18.2 Å². The van der Waals surface area contributed by atoms with Crippen molar-refractivity contribution in [2.45, 2.75) is 0 Å². The van der Waals surface area contributed by atoms with Crippen LogP contribution in [0.15, 0.2) is 35.6 Å². The molecule has 0 aliphatic rings. The zero-order chi connectivity index (χ0) is 15.2. The first-order chi connectivity index (χ1) is 10.1. The van der Waals surface area contributed by atoms with Crippen molar-refractivity contribution in [3.63, 3.8) is 0 Å². The molecule has 1 aromatic carbocycles. The fraction of sp³-hybridized carbons (Fsp3) is 0.143. The van der Waals surface area contributed by atoms with E-state index in [1.807, 2.05) is 12.1 Å². The highest BCUT2D eigenvalue weighted by atomic mass is 35.5. The van der Waals surface area contributed by atoms with Crippen molar-refractivity contribution in [2.75, 3.05) is 19.6 Å². The van der Waals surface area contributed by atoms with Gasteiger partial charge in [-0.15, -0.1) is 0 Å². The summed E-state index contributed by atoms with van der Waals surface area (Å²) < 4.78 is 10.4. The van der Waals surface area contributed by atoms with Gasteiger partial charge in [0.05, 0.1) is 30.5 Å². The predicted octanol–water partition coefficient (Wildman–Crippen LogP) is 3.85. The molecule has 0 amide bonds. The van der Waals surface area contributed by atoms with Crippen molar-refractivity contribution in [3.05, 3.63) is 46.1 Å². The number of hydrogen-bond acceptors (Lipinski definition) is 5. The Balaban J connectivity index is 2.14. The minimum atomic E-state index is 0.392. The molecule has 0 unspecified atom stereocenters. The summed E-state index contributed by atoms with van der Waals surface area (Å²) in [5, 5.41) is 4.93. The van der Waals surface area contributed by atoms with Crippen LogP contribution in [0, 0.1) is 0 Å². The Morgan fingerprint density at radius 2 is 1.76 bits per heavy atom. The maximum Gasteiger partial charge on any atom is 0.165 e. The molecular formula is C14H13Cl2N3O2. The summed E-state index contributed by atoms with van der Waals surface area (Å²) >= 11 is 11.8. The number of nitrogens with zero attached hydrogens (tertiary/aromatic N) is 2. The normalized spacial score (nSPS) is 10.7. The maximum absolute atomic E-state index is 5.98. The number of benzene rings is 1. The standard InChI is InChI=1S/C14H13Cl2N3O2/c1-20-11-3-9(4-12(6-11)21-2)7-18-19-14-13(16)5-10(15)8-17-14/h3-8H,1-2H3,(H,17,19)/b18-7-. The SMILES string of the molecule is COc1cc(/C=N\Nc2ncc(Cl)cc2Cl)cc(OC)c1.